The summed E-state index contributed by atoms with van der Waals surface area (Å²) in [6.45, 7) is 2.66. The molecule has 2 aliphatic rings. The van der Waals surface area contributed by atoms with E-state index in [1.807, 2.05) is 30.3 Å². The Balaban J connectivity index is 1.29. The molecule has 9 nitrogen and oxygen atoms in total. The van der Waals surface area contributed by atoms with Gasteiger partial charge in [0.25, 0.3) is 0 Å². The molecule has 1 fully saturated rings. The molecule has 0 bridgehead atoms. The van der Waals surface area contributed by atoms with Crippen molar-refractivity contribution in [2.45, 2.75) is 44.0 Å². The van der Waals surface area contributed by atoms with Gasteiger partial charge in [-0.3, -0.25) is 9.59 Å². The van der Waals surface area contributed by atoms with Crippen LogP contribution in [-0.2, 0) is 27.8 Å². The minimum atomic E-state index is -4.51. The van der Waals surface area contributed by atoms with Crippen molar-refractivity contribution in [2.24, 2.45) is 0 Å². The first-order chi connectivity index (χ1) is 19.5. The van der Waals surface area contributed by atoms with E-state index in [9.17, 15) is 27.9 Å². The Morgan fingerprint density at radius 2 is 1.80 bits per heavy atom. The van der Waals surface area contributed by atoms with Gasteiger partial charge in [0.15, 0.2) is 5.82 Å². The predicted molar refractivity (Wildman–Crippen MR) is 147 cm³/mol. The van der Waals surface area contributed by atoms with Gasteiger partial charge in [-0.1, -0.05) is 42.5 Å². The molecule has 2 amide bonds. The summed E-state index contributed by atoms with van der Waals surface area (Å²) in [4.78, 5) is 35.8. The summed E-state index contributed by atoms with van der Waals surface area (Å²) in [5, 5.41) is 20.4. The first-order valence-corrected chi connectivity index (χ1v) is 13.4. The molecule has 1 aromatic heterocycles. The van der Waals surface area contributed by atoms with Crippen LogP contribution in [0.3, 0.4) is 0 Å². The van der Waals surface area contributed by atoms with Crippen LogP contribution in [0.4, 0.5) is 24.8 Å². The van der Waals surface area contributed by atoms with Gasteiger partial charge in [-0.25, -0.2) is 9.97 Å². The number of rotatable bonds is 7. The number of piperidine rings is 1. The monoisotopic (exact) mass is 568 g/mol. The Hall–Kier alpha value is -4.19. The summed E-state index contributed by atoms with van der Waals surface area (Å²) in [5.74, 6) is 1.27. The summed E-state index contributed by atoms with van der Waals surface area (Å²) in [6, 6.07) is 13.6. The van der Waals surface area contributed by atoms with Gasteiger partial charge in [0.05, 0.1) is 11.2 Å². The number of hydrogen-bond acceptors (Lipinski definition) is 7. The zero-order valence-corrected chi connectivity index (χ0v) is 22.5. The van der Waals surface area contributed by atoms with Crippen LogP contribution >= 0.6 is 0 Å². The maximum atomic E-state index is 13.5. The Morgan fingerprint density at radius 1 is 1.07 bits per heavy atom. The molecule has 2 aromatic carbocycles. The number of anilines is 2. The molecule has 2 aliphatic heterocycles. The van der Waals surface area contributed by atoms with Gasteiger partial charge < -0.3 is 26.0 Å². The molecule has 0 aliphatic carbocycles. The van der Waals surface area contributed by atoms with Crippen LogP contribution in [0.15, 0.2) is 54.6 Å². The third-order valence-corrected chi connectivity index (χ3v) is 7.48. The number of carbonyl (C=O) groups excluding carboxylic acids is 2. The van der Waals surface area contributed by atoms with Crippen LogP contribution in [0.5, 0.6) is 0 Å². The Labute approximate surface area is 235 Å². The molecule has 12 heteroatoms. The van der Waals surface area contributed by atoms with E-state index >= 15 is 0 Å². The van der Waals surface area contributed by atoms with Gasteiger partial charge in [0, 0.05) is 50.7 Å². The third kappa shape index (κ3) is 6.27. The molecule has 1 saturated heterocycles. The number of hydrogen-bond donors (Lipinski definition) is 4. The number of aromatic nitrogens is 2. The fraction of sp³-hybridized carbons (Fsp3) is 0.379. The van der Waals surface area contributed by atoms with Crippen molar-refractivity contribution in [1.82, 2.24) is 20.2 Å². The minimum Gasteiger partial charge on any atom is -0.385 e. The fourth-order valence-electron chi connectivity index (χ4n) is 5.24. The number of likely N-dealkylation sites (tertiary alicyclic amines) is 1. The molecule has 0 spiro atoms. The highest BCUT2D eigenvalue weighted by Crippen LogP contribution is 2.38. The summed E-state index contributed by atoms with van der Waals surface area (Å²) >= 11 is 0. The van der Waals surface area contributed by atoms with E-state index in [1.165, 1.54) is 19.1 Å². The number of carbonyl (C=O) groups is 2. The largest absolute Gasteiger partial charge is 0.416 e. The Morgan fingerprint density at radius 3 is 2.49 bits per heavy atom. The molecular weight excluding hydrogens is 537 g/mol. The van der Waals surface area contributed by atoms with E-state index in [0.717, 1.165) is 23.3 Å². The molecule has 216 valence electrons. The lowest BCUT2D eigenvalue weighted by Crippen LogP contribution is -2.49. The van der Waals surface area contributed by atoms with Crippen molar-refractivity contribution in [3.8, 4) is 11.4 Å². The zero-order valence-electron chi connectivity index (χ0n) is 22.5. The SMILES string of the molecule is CC(=O)NCCNc1nc(-c2ccccc2)nc2c1CC(C(=O)N1CCC(O)(c3cccc(C(F)(F)F)c3)CC1)N2. The van der Waals surface area contributed by atoms with E-state index in [0.29, 0.717) is 37.0 Å². The highest BCUT2D eigenvalue weighted by atomic mass is 19.4. The first kappa shape index (κ1) is 28.3. The van der Waals surface area contributed by atoms with E-state index < -0.39 is 23.4 Å². The second-order valence-corrected chi connectivity index (χ2v) is 10.3. The smallest absolute Gasteiger partial charge is 0.385 e. The fourth-order valence-corrected chi connectivity index (χ4v) is 5.24. The van der Waals surface area contributed by atoms with Crippen LogP contribution in [0, 0.1) is 0 Å². The molecule has 0 saturated carbocycles. The maximum Gasteiger partial charge on any atom is 0.416 e. The minimum absolute atomic E-state index is 0.119. The number of fused-ring (bicyclic) bond motifs is 1. The highest BCUT2D eigenvalue weighted by molar-refractivity contribution is 5.88. The summed E-state index contributed by atoms with van der Waals surface area (Å²) in [5.41, 5.74) is -0.507. The molecule has 3 heterocycles. The van der Waals surface area contributed by atoms with Gasteiger partial charge in [-0.15, -0.1) is 0 Å². The van der Waals surface area contributed by atoms with Gasteiger partial charge in [-0.2, -0.15) is 13.2 Å². The van der Waals surface area contributed by atoms with E-state index in [4.69, 9.17) is 4.98 Å². The van der Waals surface area contributed by atoms with Crippen molar-refractivity contribution in [3.63, 3.8) is 0 Å². The number of benzene rings is 2. The average molecular weight is 569 g/mol. The van der Waals surface area contributed by atoms with Gasteiger partial charge in [-0.05, 0) is 30.5 Å². The van der Waals surface area contributed by atoms with Gasteiger partial charge >= 0.3 is 6.18 Å². The lowest BCUT2D eigenvalue weighted by atomic mass is 9.83. The second-order valence-electron chi connectivity index (χ2n) is 10.3. The molecule has 41 heavy (non-hydrogen) atoms. The van der Waals surface area contributed by atoms with E-state index in [2.05, 4.69) is 20.9 Å². The molecule has 4 N–H and O–H groups in total. The summed E-state index contributed by atoms with van der Waals surface area (Å²) in [7, 11) is 0. The van der Waals surface area contributed by atoms with E-state index in [-0.39, 0.29) is 43.3 Å². The normalized spacial score (nSPS) is 17.9. The maximum absolute atomic E-state index is 13.5. The quantitative estimate of drug-likeness (QED) is 0.322. The number of halogens is 3. The number of nitrogens with one attached hydrogen (secondary N) is 3. The number of nitrogens with zero attached hydrogens (tertiary/aromatic N) is 3. The second kappa shape index (κ2) is 11.4. The van der Waals surface area contributed by atoms with Crippen LogP contribution in [-0.4, -0.2) is 64.0 Å². The van der Waals surface area contributed by atoms with Crippen LogP contribution in [0.1, 0.15) is 36.5 Å². The topological polar surface area (TPSA) is 119 Å². The standard InChI is InChI=1S/C29H31F3N6O3/c1-18(39)33-12-13-34-25-22-17-23(35-26(22)37-24(36-25)19-6-3-2-4-7-19)27(40)38-14-10-28(41,11-15-38)20-8-5-9-21(16-20)29(30,31)32/h2-9,16,23,41H,10-15,17H2,1H3,(H,33,39)(H2,34,35,36,37). The number of amides is 2. The third-order valence-electron chi connectivity index (χ3n) is 7.48. The van der Waals surface area contributed by atoms with Gasteiger partial charge in [0.1, 0.15) is 17.7 Å². The lowest BCUT2D eigenvalue weighted by molar-refractivity contribution is -0.137. The molecule has 3 aromatic rings. The average Bonchev–Trinajstić information content (AvgIpc) is 3.40. The summed E-state index contributed by atoms with van der Waals surface area (Å²) < 4.78 is 39.6. The summed E-state index contributed by atoms with van der Waals surface area (Å²) in [6.07, 6.45) is -3.94. The zero-order chi connectivity index (χ0) is 29.2. The highest BCUT2D eigenvalue weighted by Gasteiger charge is 2.40. The molecular formula is C29H31F3N6O3. The number of aliphatic hydroxyl groups is 1. The van der Waals surface area contributed by atoms with Crippen molar-refractivity contribution in [1.29, 1.82) is 0 Å². The Kier molecular flexibility index (Phi) is 7.85. The van der Waals surface area contributed by atoms with Crippen molar-refractivity contribution >= 4 is 23.5 Å². The Bertz CT molecular complexity index is 1430. The van der Waals surface area contributed by atoms with Crippen molar-refractivity contribution < 1.29 is 27.9 Å². The number of alkyl halides is 3. The van der Waals surface area contributed by atoms with Gasteiger partial charge in [0.2, 0.25) is 11.8 Å². The van der Waals surface area contributed by atoms with Crippen molar-refractivity contribution in [2.75, 3.05) is 36.8 Å². The molecule has 0 radical (unpaired) electrons. The molecule has 1 unspecified atom stereocenters. The van der Waals surface area contributed by atoms with E-state index in [1.54, 1.807) is 4.90 Å². The molecule has 5 rings (SSSR count). The van der Waals surface area contributed by atoms with Crippen molar-refractivity contribution in [3.05, 3.63) is 71.3 Å². The predicted octanol–water partition coefficient (Wildman–Crippen LogP) is 3.56. The van der Waals surface area contributed by atoms with Crippen LogP contribution in [0.2, 0.25) is 0 Å². The lowest BCUT2D eigenvalue weighted by Gasteiger charge is -2.39. The molecule has 1 atom stereocenters. The van der Waals surface area contributed by atoms with Crippen LogP contribution < -0.4 is 16.0 Å². The first-order valence-electron chi connectivity index (χ1n) is 13.4. The van der Waals surface area contributed by atoms with Crippen LogP contribution in [0.25, 0.3) is 11.4 Å².